The van der Waals surface area contributed by atoms with Crippen molar-refractivity contribution >= 4 is 6.21 Å². The van der Waals surface area contributed by atoms with Crippen molar-refractivity contribution in [3.63, 3.8) is 0 Å². The first kappa shape index (κ1) is 16.2. The fourth-order valence-electron chi connectivity index (χ4n) is 3.50. The van der Waals surface area contributed by atoms with Gasteiger partial charge < -0.3 is 4.48 Å². The van der Waals surface area contributed by atoms with Crippen molar-refractivity contribution in [3.8, 4) is 0 Å². The first-order chi connectivity index (χ1) is 9.08. The van der Waals surface area contributed by atoms with Crippen LogP contribution in [0.1, 0.15) is 40.5 Å². The summed E-state index contributed by atoms with van der Waals surface area (Å²) < 4.78 is 1.24. The Bertz CT molecular complexity index is 341. The van der Waals surface area contributed by atoms with Crippen LogP contribution in [0.3, 0.4) is 0 Å². The Balaban J connectivity index is 2.95. The molecule has 0 fully saturated rings. The molecule has 2 nitrogen and oxygen atoms in total. The number of hydrogen-bond donors (Lipinski definition) is 0. The molecule has 0 amide bonds. The SMILES string of the molecule is CCC[N+]1(C(C)C)CC=CCC1[C@H](C)/C=C\C=N/C. The zero-order valence-corrected chi connectivity index (χ0v) is 13.3. The van der Waals surface area contributed by atoms with E-state index in [0.717, 1.165) is 0 Å². The third-order valence-electron chi connectivity index (χ3n) is 4.58. The second-order valence-electron chi connectivity index (χ2n) is 6.03. The summed E-state index contributed by atoms with van der Waals surface area (Å²) in [4.78, 5) is 4.03. The van der Waals surface area contributed by atoms with Gasteiger partial charge in [-0.1, -0.05) is 26.0 Å². The molecule has 0 aliphatic carbocycles. The van der Waals surface area contributed by atoms with Crippen molar-refractivity contribution in [1.29, 1.82) is 0 Å². The van der Waals surface area contributed by atoms with Gasteiger partial charge in [0.05, 0.1) is 25.2 Å². The molecule has 108 valence electrons. The highest BCUT2D eigenvalue weighted by Gasteiger charge is 2.41. The van der Waals surface area contributed by atoms with Crippen LogP contribution in [0.2, 0.25) is 0 Å². The summed E-state index contributed by atoms with van der Waals surface area (Å²) in [7, 11) is 1.82. The Hall–Kier alpha value is -0.890. The van der Waals surface area contributed by atoms with E-state index in [1.165, 1.54) is 30.4 Å². The highest BCUT2D eigenvalue weighted by atomic mass is 15.4. The van der Waals surface area contributed by atoms with Gasteiger partial charge in [0.1, 0.15) is 0 Å². The summed E-state index contributed by atoms with van der Waals surface area (Å²) in [5.41, 5.74) is 0. The zero-order valence-electron chi connectivity index (χ0n) is 13.3. The van der Waals surface area contributed by atoms with Crippen LogP contribution < -0.4 is 0 Å². The van der Waals surface area contributed by atoms with Gasteiger partial charge in [-0.2, -0.15) is 0 Å². The van der Waals surface area contributed by atoms with Gasteiger partial charge in [-0.25, -0.2) is 0 Å². The predicted molar refractivity (Wildman–Crippen MR) is 85.7 cm³/mol. The fraction of sp³-hybridized carbons (Fsp3) is 0.706. The molecule has 1 aliphatic heterocycles. The summed E-state index contributed by atoms with van der Waals surface area (Å²) in [5, 5.41) is 0. The lowest BCUT2D eigenvalue weighted by Crippen LogP contribution is -2.62. The third-order valence-corrected chi connectivity index (χ3v) is 4.58. The highest BCUT2D eigenvalue weighted by molar-refractivity contribution is 5.70. The number of rotatable bonds is 6. The molecule has 2 heteroatoms. The van der Waals surface area contributed by atoms with E-state index in [1.54, 1.807) is 0 Å². The lowest BCUT2D eigenvalue weighted by atomic mass is 9.89. The molecule has 0 spiro atoms. The molecule has 0 aromatic heterocycles. The van der Waals surface area contributed by atoms with Crippen LogP contribution in [0, 0.1) is 5.92 Å². The van der Waals surface area contributed by atoms with Gasteiger partial charge in [-0.05, 0) is 32.4 Å². The van der Waals surface area contributed by atoms with Crippen molar-refractivity contribution < 1.29 is 4.48 Å². The van der Waals surface area contributed by atoms with Crippen molar-refractivity contribution in [3.05, 3.63) is 24.3 Å². The quantitative estimate of drug-likeness (QED) is 0.392. The van der Waals surface area contributed by atoms with Gasteiger partial charge in [0.25, 0.3) is 0 Å². The van der Waals surface area contributed by atoms with E-state index in [4.69, 9.17) is 0 Å². The second kappa shape index (κ2) is 7.64. The monoisotopic (exact) mass is 263 g/mol. The van der Waals surface area contributed by atoms with Crippen LogP contribution in [0.5, 0.6) is 0 Å². The van der Waals surface area contributed by atoms with Crippen molar-refractivity contribution in [1.82, 2.24) is 0 Å². The minimum absolute atomic E-state index is 0.594. The minimum Gasteiger partial charge on any atom is -0.315 e. The number of nitrogens with zero attached hydrogens (tertiary/aromatic N) is 2. The van der Waals surface area contributed by atoms with Crippen LogP contribution in [0.15, 0.2) is 29.3 Å². The first-order valence-electron chi connectivity index (χ1n) is 7.68. The smallest absolute Gasteiger partial charge is 0.0990 e. The van der Waals surface area contributed by atoms with Crippen LogP contribution >= 0.6 is 0 Å². The van der Waals surface area contributed by atoms with E-state index in [9.17, 15) is 0 Å². The standard InChI is InChI=1S/C17H31N2/c1-6-13-19(15(2)3)14-8-7-11-17(19)16(4)10-9-12-18-5/h7-10,12,15-17H,6,11,13-14H2,1-5H3/q+1/b10-9-,18-12-/t16-,17?,19?/m1/s1. The van der Waals surface area contributed by atoms with Gasteiger partial charge in [-0.3, -0.25) is 4.99 Å². The van der Waals surface area contributed by atoms with E-state index in [1.807, 2.05) is 13.3 Å². The molecular formula is C17H31N2+. The van der Waals surface area contributed by atoms with Gasteiger partial charge in [0.2, 0.25) is 0 Å². The van der Waals surface area contributed by atoms with Crippen LogP contribution in [-0.4, -0.2) is 42.9 Å². The average Bonchev–Trinajstić information content (AvgIpc) is 2.39. The van der Waals surface area contributed by atoms with Gasteiger partial charge in [0.15, 0.2) is 0 Å². The Kier molecular flexibility index (Phi) is 6.50. The predicted octanol–water partition coefficient (Wildman–Crippen LogP) is 3.84. The summed E-state index contributed by atoms with van der Waals surface area (Å²) in [5.74, 6) is 0.594. The maximum Gasteiger partial charge on any atom is 0.0990 e. The van der Waals surface area contributed by atoms with Gasteiger partial charge in [-0.15, -0.1) is 0 Å². The molecule has 0 aromatic carbocycles. The number of hydrogen-bond acceptors (Lipinski definition) is 1. The molecule has 19 heavy (non-hydrogen) atoms. The van der Waals surface area contributed by atoms with E-state index in [-0.39, 0.29) is 0 Å². The molecule has 0 saturated carbocycles. The lowest BCUT2D eigenvalue weighted by molar-refractivity contribution is -0.969. The Morgan fingerprint density at radius 3 is 2.63 bits per heavy atom. The fourth-order valence-corrected chi connectivity index (χ4v) is 3.50. The Labute approximate surface area is 119 Å². The summed E-state index contributed by atoms with van der Waals surface area (Å²) in [6.45, 7) is 11.9. The highest BCUT2D eigenvalue weighted by Crippen LogP contribution is 2.31. The van der Waals surface area contributed by atoms with Crippen molar-refractivity contribution in [2.75, 3.05) is 20.1 Å². The molecular weight excluding hydrogens is 232 g/mol. The van der Waals surface area contributed by atoms with E-state index in [2.05, 4.69) is 57.0 Å². The van der Waals surface area contributed by atoms with Crippen LogP contribution in [-0.2, 0) is 0 Å². The summed E-state index contributed by atoms with van der Waals surface area (Å²) in [6, 6.07) is 1.39. The lowest BCUT2D eigenvalue weighted by Gasteiger charge is -2.51. The van der Waals surface area contributed by atoms with E-state index < -0.39 is 0 Å². The van der Waals surface area contributed by atoms with Crippen LogP contribution in [0.4, 0.5) is 0 Å². The maximum atomic E-state index is 4.03. The normalized spacial score (nSPS) is 29.7. The number of aliphatic imine (C=N–C) groups is 1. The Morgan fingerprint density at radius 1 is 1.32 bits per heavy atom. The second-order valence-corrected chi connectivity index (χ2v) is 6.03. The molecule has 0 aromatic rings. The molecule has 3 atom stereocenters. The van der Waals surface area contributed by atoms with Gasteiger partial charge >= 0.3 is 0 Å². The van der Waals surface area contributed by atoms with Crippen molar-refractivity contribution in [2.24, 2.45) is 10.9 Å². The first-order valence-corrected chi connectivity index (χ1v) is 7.68. The number of quaternary nitrogens is 1. The van der Waals surface area contributed by atoms with Crippen LogP contribution in [0.25, 0.3) is 0 Å². The molecule has 0 saturated heterocycles. The molecule has 0 bridgehead atoms. The Morgan fingerprint density at radius 2 is 2.05 bits per heavy atom. The molecule has 2 unspecified atom stereocenters. The van der Waals surface area contributed by atoms with Gasteiger partial charge in [0, 0.05) is 25.6 Å². The molecule has 0 N–H and O–H groups in total. The molecule has 0 radical (unpaired) electrons. The topological polar surface area (TPSA) is 12.4 Å². The third kappa shape index (κ3) is 3.79. The minimum atomic E-state index is 0.594. The zero-order chi connectivity index (χ0) is 14.3. The maximum absolute atomic E-state index is 4.03. The largest absolute Gasteiger partial charge is 0.315 e. The summed E-state index contributed by atoms with van der Waals surface area (Å²) >= 11 is 0. The molecule has 1 rings (SSSR count). The van der Waals surface area contributed by atoms with E-state index >= 15 is 0 Å². The van der Waals surface area contributed by atoms with E-state index in [0.29, 0.717) is 18.0 Å². The molecule has 1 aliphatic rings. The summed E-state index contributed by atoms with van der Waals surface area (Å²) in [6.07, 6.45) is 13.5. The number of allylic oxidation sites excluding steroid dienone is 1. The van der Waals surface area contributed by atoms with Crippen molar-refractivity contribution in [2.45, 2.75) is 52.6 Å². The average molecular weight is 263 g/mol. The molecule has 1 heterocycles.